The average Bonchev–Trinajstić information content (AvgIpc) is 2.89. The van der Waals surface area contributed by atoms with E-state index in [1.54, 1.807) is 0 Å². The molecule has 0 saturated carbocycles. The monoisotopic (exact) mass is 320 g/mol. The molecule has 1 aromatic heterocycles. The molecule has 1 aliphatic carbocycles. The van der Waals surface area contributed by atoms with Crippen molar-refractivity contribution in [3.8, 4) is 0 Å². The van der Waals surface area contributed by atoms with Crippen molar-refractivity contribution in [2.75, 3.05) is 0 Å². The Morgan fingerprint density at radius 1 is 1.14 bits per heavy atom. The summed E-state index contributed by atoms with van der Waals surface area (Å²) in [6.45, 7) is 4.35. The van der Waals surface area contributed by atoms with Crippen molar-refractivity contribution in [3.63, 3.8) is 0 Å². The number of benzene rings is 1. The van der Waals surface area contributed by atoms with Gasteiger partial charge in [0.05, 0.1) is 11.7 Å². The number of thiazole rings is 1. The summed E-state index contributed by atoms with van der Waals surface area (Å²) in [5.74, 6) is 0. The van der Waals surface area contributed by atoms with Gasteiger partial charge in [-0.2, -0.15) is 0 Å². The highest BCUT2D eigenvalue weighted by Gasteiger charge is 2.22. The summed E-state index contributed by atoms with van der Waals surface area (Å²) in [5, 5.41) is 5.62. The van der Waals surface area contributed by atoms with Gasteiger partial charge in [-0.25, -0.2) is 4.98 Å². The zero-order valence-corrected chi connectivity index (χ0v) is 14.1. The minimum Gasteiger partial charge on any atom is -0.302 e. The molecule has 0 bridgehead atoms. The molecular weight excluding hydrogens is 300 g/mol. The highest BCUT2D eigenvalue weighted by Crippen LogP contribution is 2.33. The van der Waals surface area contributed by atoms with Crippen LogP contribution in [0.5, 0.6) is 0 Å². The number of nitrogens with one attached hydrogen (secondary N) is 1. The molecule has 1 atom stereocenters. The Labute approximate surface area is 135 Å². The summed E-state index contributed by atoms with van der Waals surface area (Å²) in [6, 6.07) is 8.69. The van der Waals surface area contributed by atoms with Gasteiger partial charge in [0.25, 0.3) is 0 Å². The van der Waals surface area contributed by atoms with E-state index < -0.39 is 0 Å². The number of halogens is 1. The van der Waals surface area contributed by atoms with Crippen LogP contribution in [0.15, 0.2) is 24.3 Å². The zero-order chi connectivity index (χ0) is 14.8. The van der Waals surface area contributed by atoms with E-state index in [1.807, 2.05) is 23.5 Å². The van der Waals surface area contributed by atoms with Gasteiger partial charge in [-0.1, -0.05) is 23.7 Å². The fraction of sp³-hybridized carbons (Fsp3) is 0.471. The van der Waals surface area contributed by atoms with Crippen LogP contribution in [-0.2, 0) is 12.8 Å². The van der Waals surface area contributed by atoms with E-state index in [1.165, 1.54) is 40.4 Å². The number of fused-ring (bicyclic) bond motifs is 1. The molecule has 1 aliphatic rings. The van der Waals surface area contributed by atoms with Crippen molar-refractivity contribution in [3.05, 3.63) is 50.4 Å². The second-order valence-corrected chi connectivity index (χ2v) is 7.49. The normalized spacial score (nSPS) is 16.0. The molecule has 0 spiro atoms. The molecule has 1 aromatic carbocycles. The van der Waals surface area contributed by atoms with Crippen LogP contribution >= 0.6 is 22.9 Å². The molecule has 1 N–H and O–H groups in total. The van der Waals surface area contributed by atoms with E-state index in [2.05, 4.69) is 31.3 Å². The van der Waals surface area contributed by atoms with E-state index in [9.17, 15) is 0 Å². The van der Waals surface area contributed by atoms with Crippen LogP contribution in [0.4, 0.5) is 0 Å². The minimum absolute atomic E-state index is 0.165. The van der Waals surface area contributed by atoms with Gasteiger partial charge in [0.15, 0.2) is 0 Å². The lowest BCUT2D eigenvalue weighted by Gasteiger charge is -2.19. The first kappa shape index (κ1) is 15.0. The summed E-state index contributed by atoms with van der Waals surface area (Å²) in [6.07, 6.45) is 4.92. The molecule has 1 heterocycles. The van der Waals surface area contributed by atoms with Gasteiger partial charge in [-0.3, -0.25) is 0 Å². The molecule has 2 nitrogen and oxygen atoms in total. The molecular formula is C17H21ClN2S. The summed E-state index contributed by atoms with van der Waals surface area (Å²) >= 11 is 7.90. The number of aryl methyl sites for hydroxylation is 2. The first-order valence-corrected chi connectivity index (χ1v) is 8.83. The number of aromatic nitrogens is 1. The fourth-order valence-corrected chi connectivity index (χ4v) is 4.16. The largest absolute Gasteiger partial charge is 0.302 e. The maximum absolute atomic E-state index is 6.02. The number of hydrogen-bond donors (Lipinski definition) is 1. The van der Waals surface area contributed by atoms with Gasteiger partial charge in [0, 0.05) is 15.9 Å². The minimum atomic E-state index is 0.165. The Morgan fingerprint density at radius 2 is 1.86 bits per heavy atom. The van der Waals surface area contributed by atoms with Gasteiger partial charge in [0.1, 0.15) is 5.01 Å². The van der Waals surface area contributed by atoms with Crippen LogP contribution < -0.4 is 5.32 Å². The molecule has 0 saturated heterocycles. The van der Waals surface area contributed by atoms with Gasteiger partial charge < -0.3 is 5.32 Å². The first-order chi connectivity index (χ1) is 10.1. The Hall–Kier alpha value is -0.900. The van der Waals surface area contributed by atoms with Gasteiger partial charge >= 0.3 is 0 Å². The third kappa shape index (κ3) is 3.47. The van der Waals surface area contributed by atoms with Crippen molar-refractivity contribution in [1.82, 2.24) is 10.3 Å². The fourth-order valence-electron chi connectivity index (χ4n) is 2.79. The van der Waals surface area contributed by atoms with Crippen molar-refractivity contribution in [1.29, 1.82) is 0 Å². The summed E-state index contributed by atoms with van der Waals surface area (Å²) in [4.78, 5) is 6.41. The maximum atomic E-state index is 6.02. The van der Waals surface area contributed by atoms with E-state index >= 15 is 0 Å². The SMILES string of the molecule is CC(C)NC(c1ccc(Cl)cc1)c1nc2c(s1)CCCC2. The Bertz CT molecular complexity index is 580. The smallest absolute Gasteiger partial charge is 0.115 e. The van der Waals surface area contributed by atoms with Crippen LogP contribution in [-0.4, -0.2) is 11.0 Å². The van der Waals surface area contributed by atoms with Gasteiger partial charge in [0.2, 0.25) is 0 Å². The number of rotatable bonds is 4. The second-order valence-electron chi connectivity index (χ2n) is 5.94. The molecule has 2 aromatic rings. The zero-order valence-electron chi connectivity index (χ0n) is 12.5. The van der Waals surface area contributed by atoms with Crippen LogP contribution in [0.3, 0.4) is 0 Å². The third-order valence-corrected chi connectivity index (χ3v) is 5.29. The standard InChI is InChI=1S/C17H21ClN2S/c1-11(2)19-16(12-7-9-13(18)10-8-12)17-20-14-5-3-4-6-15(14)21-17/h7-11,16,19H,3-6H2,1-2H3. The van der Waals surface area contributed by atoms with Crippen molar-refractivity contribution in [2.45, 2.75) is 51.6 Å². The van der Waals surface area contributed by atoms with E-state index in [0.717, 1.165) is 11.4 Å². The van der Waals surface area contributed by atoms with E-state index in [-0.39, 0.29) is 6.04 Å². The molecule has 0 aliphatic heterocycles. The number of nitrogens with zero attached hydrogens (tertiary/aromatic N) is 1. The Morgan fingerprint density at radius 3 is 2.52 bits per heavy atom. The average molecular weight is 321 g/mol. The highest BCUT2D eigenvalue weighted by molar-refractivity contribution is 7.11. The molecule has 0 radical (unpaired) electrons. The van der Waals surface area contributed by atoms with Crippen molar-refractivity contribution in [2.24, 2.45) is 0 Å². The highest BCUT2D eigenvalue weighted by atomic mass is 35.5. The van der Waals surface area contributed by atoms with E-state index in [0.29, 0.717) is 6.04 Å². The molecule has 112 valence electrons. The van der Waals surface area contributed by atoms with Crippen LogP contribution in [0, 0.1) is 0 Å². The summed E-state index contributed by atoms with van der Waals surface area (Å²) < 4.78 is 0. The molecule has 1 unspecified atom stereocenters. The van der Waals surface area contributed by atoms with Crippen molar-refractivity contribution >= 4 is 22.9 Å². The maximum Gasteiger partial charge on any atom is 0.115 e. The lowest BCUT2D eigenvalue weighted by atomic mass is 10.0. The van der Waals surface area contributed by atoms with E-state index in [4.69, 9.17) is 16.6 Å². The quantitative estimate of drug-likeness (QED) is 0.878. The molecule has 0 amide bonds. The van der Waals surface area contributed by atoms with Crippen LogP contribution in [0.2, 0.25) is 5.02 Å². The molecule has 0 fully saturated rings. The molecule has 4 heteroatoms. The molecule has 21 heavy (non-hydrogen) atoms. The summed E-state index contributed by atoms with van der Waals surface area (Å²) in [7, 11) is 0. The van der Waals surface area contributed by atoms with Gasteiger partial charge in [-0.05, 0) is 57.2 Å². The predicted molar refractivity (Wildman–Crippen MR) is 90.3 cm³/mol. The number of hydrogen-bond acceptors (Lipinski definition) is 3. The Balaban J connectivity index is 1.95. The van der Waals surface area contributed by atoms with Crippen LogP contribution in [0.25, 0.3) is 0 Å². The van der Waals surface area contributed by atoms with Gasteiger partial charge in [-0.15, -0.1) is 11.3 Å². The van der Waals surface area contributed by atoms with Crippen LogP contribution in [0.1, 0.15) is 53.9 Å². The predicted octanol–water partition coefficient (Wildman–Crippen LogP) is 4.76. The lowest BCUT2D eigenvalue weighted by molar-refractivity contribution is 0.525. The van der Waals surface area contributed by atoms with Crippen molar-refractivity contribution < 1.29 is 0 Å². The first-order valence-electron chi connectivity index (χ1n) is 7.63. The third-order valence-electron chi connectivity index (χ3n) is 3.81. The Kier molecular flexibility index (Phi) is 4.63. The lowest BCUT2D eigenvalue weighted by Crippen LogP contribution is -2.28. The molecule has 3 rings (SSSR count). The second kappa shape index (κ2) is 6.47. The summed E-state index contributed by atoms with van der Waals surface area (Å²) in [5.41, 5.74) is 2.56. The topological polar surface area (TPSA) is 24.9 Å².